The second-order valence-electron chi connectivity index (χ2n) is 17.7. The van der Waals surface area contributed by atoms with Crippen LogP contribution in [-0.4, -0.2) is 87.7 Å². The minimum Gasteiger partial charge on any atom is -0.481 e. The lowest BCUT2D eigenvalue weighted by Gasteiger charge is -2.23. The number of hydrogen-bond donors (Lipinski definition) is 2. The Bertz CT molecular complexity index is 3350. The number of anilines is 1. The smallest absolute Gasteiger partial charge is 0.435 e. The summed E-state index contributed by atoms with van der Waals surface area (Å²) in [6, 6.07) is 4.63. The summed E-state index contributed by atoms with van der Waals surface area (Å²) < 4.78 is 197. The van der Waals surface area contributed by atoms with E-state index in [1.807, 2.05) is 0 Å². The van der Waals surface area contributed by atoms with Gasteiger partial charge in [0, 0.05) is 47.8 Å². The molecule has 2 N–H and O–H groups in total. The Morgan fingerprint density at radius 1 is 0.944 bits per heavy atom. The van der Waals surface area contributed by atoms with Crippen LogP contribution in [0.3, 0.4) is 0 Å². The highest BCUT2D eigenvalue weighted by atomic mass is 35.5. The largest absolute Gasteiger partial charge is 0.481 e. The van der Waals surface area contributed by atoms with Crippen LogP contribution in [0.15, 0.2) is 42.5 Å². The Labute approximate surface area is 407 Å². The standard InChI is InChI=1S/C44H38ClF10N7O8S2/c1-41(2,71(3,67)68)13-12-24-8-9-25(26-10-11-29(45)35-37(26)61(20-42(48,49)50)59-40(35)62(72(4,69)70)32(64)6-5-7-33(65)66)36(56-24)30(16-21-14-22(46)17-23(47)15-21)57-31(63)19-60-39-34(38(58-60)44(53,54)55)27-18-28(27)43(39,51)52/h8-11,14-15,17,27-28,30H,5-7,16,18-20H2,1-4H3,(H,57,63)(H,65,66)/t27-,28+,30-/m0/s1. The first-order valence-corrected chi connectivity index (χ1v) is 25.3. The number of carbonyl (C=O) groups excluding carboxylic acids is 2. The maximum Gasteiger partial charge on any atom is 0.435 e. The molecule has 7 rings (SSSR count). The number of carboxylic acids is 1. The molecule has 0 unspecified atom stereocenters. The van der Waals surface area contributed by atoms with E-state index in [9.17, 15) is 66.3 Å². The number of carboxylic acid groups (broad SMARTS) is 1. The van der Waals surface area contributed by atoms with E-state index < -0.39 is 173 Å². The topological polar surface area (TPSA) is 204 Å². The predicted octanol–water partition coefficient (Wildman–Crippen LogP) is 7.84. The van der Waals surface area contributed by atoms with Gasteiger partial charge in [0.25, 0.3) is 5.92 Å². The molecule has 386 valence electrons. The Morgan fingerprint density at radius 2 is 1.58 bits per heavy atom. The number of rotatable bonds is 15. The average molecular weight is 1080 g/mol. The molecule has 2 aliphatic carbocycles. The van der Waals surface area contributed by atoms with Crippen molar-refractivity contribution in [2.75, 3.05) is 16.8 Å². The van der Waals surface area contributed by atoms with Gasteiger partial charge >= 0.3 is 18.3 Å². The van der Waals surface area contributed by atoms with Gasteiger partial charge in [-0.25, -0.2) is 30.6 Å². The van der Waals surface area contributed by atoms with Crippen molar-refractivity contribution < 1.29 is 80.2 Å². The first-order valence-electron chi connectivity index (χ1n) is 21.1. The van der Waals surface area contributed by atoms with Gasteiger partial charge in [0.1, 0.15) is 40.9 Å². The second kappa shape index (κ2) is 18.6. The van der Waals surface area contributed by atoms with Crippen molar-refractivity contribution in [1.29, 1.82) is 0 Å². The zero-order valence-electron chi connectivity index (χ0n) is 37.7. The number of amides is 2. The van der Waals surface area contributed by atoms with Gasteiger partial charge in [0.05, 0.1) is 33.9 Å². The van der Waals surface area contributed by atoms with E-state index in [1.54, 1.807) is 0 Å². The fraction of sp³-hybridized carbons (Fsp3) is 0.409. The van der Waals surface area contributed by atoms with Crippen molar-refractivity contribution in [3.05, 3.63) is 93.0 Å². The third-order valence-corrected chi connectivity index (χ3v) is 15.2. The molecule has 28 heteroatoms. The van der Waals surface area contributed by atoms with Crippen LogP contribution in [-0.2, 0) is 65.9 Å². The number of alkyl halides is 8. The fourth-order valence-corrected chi connectivity index (χ4v) is 9.73. The number of hydrogen-bond acceptors (Lipinski definition) is 10. The van der Waals surface area contributed by atoms with Crippen LogP contribution in [0, 0.1) is 29.4 Å². The number of fused-ring (bicyclic) bond motifs is 4. The summed E-state index contributed by atoms with van der Waals surface area (Å²) in [7, 11) is -8.73. The molecular formula is C44H38ClF10N7O8S2. The van der Waals surface area contributed by atoms with Crippen LogP contribution >= 0.6 is 11.6 Å². The second-order valence-corrected chi connectivity index (χ2v) is 22.5. The number of benzene rings is 2. The molecule has 3 heterocycles. The van der Waals surface area contributed by atoms with Gasteiger partial charge in [-0.2, -0.15) is 49.6 Å². The number of sulfone groups is 1. The van der Waals surface area contributed by atoms with E-state index in [1.165, 1.54) is 13.8 Å². The Morgan fingerprint density at radius 3 is 2.17 bits per heavy atom. The quantitative estimate of drug-likeness (QED) is 0.0764. The van der Waals surface area contributed by atoms with E-state index >= 15 is 8.78 Å². The molecule has 0 bridgehead atoms. The summed E-state index contributed by atoms with van der Waals surface area (Å²) in [6.45, 7) is -0.864. The number of carbonyl (C=O) groups is 3. The van der Waals surface area contributed by atoms with E-state index in [0.29, 0.717) is 12.3 Å². The molecule has 72 heavy (non-hydrogen) atoms. The molecule has 0 spiro atoms. The summed E-state index contributed by atoms with van der Waals surface area (Å²) >= 11 is 6.60. The normalized spacial score (nSPS) is 16.9. The van der Waals surface area contributed by atoms with Crippen molar-refractivity contribution in [3.8, 4) is 23.0 Å². The average Bonchev–Trinajstić information content (AvgIpc) is 3.74. The van der Waals surface area contributed by atoms with Crippen LogP contribution in [0.1, 0.15) is 85.4 Å². The SMILES string of the molecule is CC(C)(C#Cc1ccc(-c2ccc(Cl)c3c(N(C(=O)CCCC(=O)O)S(C)(=O)=O)nn(CC(F)(F)F)c23)c([C@H](Cc2cc(F)cc(F)c2)NC(=O)Cn2nc(C(F)(F)F)c3c2C(F)(F)[C@@H]2C[C@H]32)n1)S(C)(=O)=O. The molecule has 1 fully saturated rings. The zero-order valence-corrected chi connectivity index (χ0v) is 40.1. The monoisotopic (exact) mass is 1080 g/mol. The summed E-state index contributed by atoms with van der Waals surface area (Å²) in [5.41, 5.74) is -6.04. The molecule has 0 radical (unpaired) electrons. The molecule has 2 aliphatic rings. The third kappa shape index (κ3) is 10.9. The maximum absolute atomic E-state index is 15.6. The third-order valence-electron chi connectivity index (χ3n) is 11.8. The van der Waals surface area contributed by atoms with Crippen molar-refractivity contribution in [3.63, 3.8) is 0 Å². The van der Waals surface area contributed by atoms with Crippen LogP contribution in [0.2, 0.25) is 5.02 Å². The first kappa shape index (κ1) is 53.5. The Balaban J connectivity index is 1.48. The van der Waals surface area contributed by atoms with Crippen molar-refractivity contribution >= 4 is 66.0 Å². The summed E-state index contributed by atoms with van der Waals surface area (Å²) in [4.78, 5) is 43.4. The van der Waals surface area contributed by atoms with E-state index in [0.717, 1.165) is 42.7 Å². The van der Waals surface area contributed by atoms with Crippen LogP contribution in [0.4, 0.5) is 49.7 Å². The van der Waals surface area contributed by atoms with Gasteiger partial charge < -0.3 is 10.4 Å². The Kier molecular flexibility index (Phi) is 13.9. The van der Waals surface area contributed by atoms with Crippen LogP contribution in [0.5, 0.6) is 0 Å². The molecule has 2 amide bonds. The van der Waals surface area contributed by atoms with Crippen LogP contribution in [0.25, 0.3) is 22.0 Å². The lowest BCUT2D eigenvalue weighted by atomic mass is 9.93. The Hall–Kier alpha value is -6.27. The van der Waals surface area contributed by atoms with Gasteiger partial charge in [-0.1, -0.05) is 23.6 Å². The van der Waals surface area contributed by atoms with Crippen LogP contribution < -0.4 is 9.62 Å². The van der Waals surface area contributed by atoms with E-state index in [2.05, 4.69) is 32.3 Å². The van der Waals surface area contributed by atoms with Gasteiger partial charge in [0.2, 0.25) is 21.8 Å². The highest BCUT2D eigenvalue weighted by molar-refractivity contribution is 7.93. The minimum atomic E-state index is -5.23. The summed E-state index contributed by atoms with van der Waals surface area (Å²) in [5.74, 6) is -8.82. The van der Waals surface area contributed by atoms with Gasteiger partial charge in [-0.3, -0.25) is 23.7 Å². The summed E-state index contributed by atoms with van der Waals surface area (Å²) in [6.07, 6.45) is -11.8. The number of aliphatic carboxylic acids is 1. The molecule has 1 saturated carbocycles. The van der Waals surface area contributed by atoms with Gasteiger partial charge in [-0.15, -0.1) is 0 Å². The van der Waals surface area contributed by atoms with E-state index in [-0.39, 0.29) is 42.5 Å². The number of nitrogens with one attached hydrogen (secondary N) is 1. The molecule has 15 nitrogen and oxygen atoms in total. The molecule has 3 atom stereocenters. The molecule has 2 aromatic carbocycles. The maximum atomic E-state index is 15.6. The summed E-state index contributed by atoms with van der Waals surface area (Å²) in [5, 5.41) is 17.7. The lowest BCUT2D eigenvalue weighted by molar-refractivity contribution is -0.143. The van der Waals surface area contributed by atoms with Gasteiger partial charge in [0.15, 0.2) is 21.3 Å². The zero-order chi connectivity index (χ0) is 53.4. The molecule has 5 aromatic rings. The predicted molar refractivity (Wildman–Crippen MR) is 237 cm³/mol. The minimum absolute atomic E-state index is 0.0336. The van der Waals surface area contributed by atoms with Crippen molar-refractivity contribution in [1.82, 2.24) is 29.9 Å². The number of halogens is 11. The number of sulfonamides is 1. The molecular weight excluding hydrogens is 1040 g/mol. The lowest BCUT2D eigenvalue weighted by Crippen LogP contribution is -2.36. The fourth-order valence-electron chi connectivity index (χ4n) is 8.35. The first-order chi connectivity index (χ1) is 33.1. The molecule has 3 aromatic heterocycles. The highest BCUT2D eigenvalue weighted by Crippen LogP contribution is 2.68. The van der Waals surface area contributed by atoms with Crippen molar-refractivity contribution in [2.24, 2.45) is 5.92 Å². The number of aromatic nitrogens is 5. The molecule has 0 aliphatic heterocycles. The number of nitrogens with zero attached hydrogens (tertiary/aromatic N) is 6. The molecule has 0 saturated heterocycles. The van der Waals surface area contributed by atoms with Gasteiger partial charge in [-0.05, 0) is 80.8 Å². The number of pyridine rings is 1. The van der Waals surface area contributed by atoms with Crippen molar-refractivity contribution in [2.45, 2.75) is 94.0 Å². The van der Waals surface area contributed by atoms with E-state index in [4.69, 9.17) is 16.7 Å². The highest BCUT2D eigenvalue weighted by Gasteiger charge is 2.68.